The molecule has 1 aliphatic carbocycles. The first-order valence-electron chi connectivity index (χ1n) is 10.3. The van der Waals surface area contributed by atoms with Crippen molar-refractivity contribution in [3.63, 3.8) is 0 Å². The zero-order valence-electron chi connectivity index (χ0n) is 17.9. The molecule has 1 fully saturated rings. The summed E-state index contributed by atoms with van der Waals surface area (Å²) >= 11 is 5.90. The third-order valence-electron chi connectivity index (χ3n) is 6.09. The van der Waals surface area contributed by atoms with Crippen LogP contribution in [0, 0.1) is 5.82 Å². The number of ether oxygens (including phenoxy) is 1. The van der Waals surface area contributed by atoms with Gasteiger partial charge in [-0.2, -0.15) is 0 Å². The fourth-order valence-corrected chi connectivity index (χ4v) is 3.99. The third-order valence-corrected chi connectivity index (χ3v) is 6.31. The van der Waals surface area contributed by atoms with E-state index in [1.54, 1.807) is 12.1 Å². The van der Waals surface area contributed by atoms with Gasteiger partial charge in [0.2, 0.25) is 0 Å². The first-order chi connectivity index (χ1) is 14.8. The van der Waals surface area contributed by atoms with E-state index in [1.165, 1.54) is 18.9 Å². The molecule has 0 saturated heterocycles. The van der Waals surface area contributed by atoms with E-state index in [0.717, 1.165) is 36.2 Å². The second kappa shape index (κ2) is 8.44. The molecular weight excluding hydrogens is 417 g/mol. The Labute approximate surface area is 186 Å². The lowest BCUT2D eigenvalue weighted by atomic mass is 10.1. The highest BCUT2D eigenvalue weighted by molar-refractivity contribution is 6.30. The van der Waals surface area contributed by atoms with E-state index < -0.39 is 5.82 Å². The quantitative estimate of drug-likeness (QED) is 0.411. The molecule has 0 spiro atoms. The SMILES string of the molecule is CCN(Cc1ncc(-c2ccc(Oc3cc(Cl)cc(F)c3C=O)cc2)n1C)C1(C)CC1. The summed E-state index contributed by atoms with van der Waals surface area (Å²) in [6, 6.07) is 9.90. The van der Waals surface area contributed by atoms with Gasteiger partial charge in [0, 0.05) is 29.2 Å². The molecule has 0 amide bonds. The number of nitrogens with zero attached hydrogens (tertiary/aromatic N) is 3. The number of carbonyl (C=O) groups excluding carboxylic acids is 1. The Balaban J connectivity index is 1.53. The number of aldehydes is 1. The van der Waals surface area contributed by atoms with Gasteiger partial charge in [0.05, 0.1) is 24.0 Å². The van der Waals surface area contributed by atoms with E-state index in [2.05, 4.69) is 28.3 Å². The summed E-state index contributed by atoms with van der Waals surface area (Å²) < 4.78 is 21.8. The summed E-state index contributed by atoms with van der Waals surface area (Å²) in [7, 11) is 2.02. The van der Waals surface area contributed by atoms with Crippen LogP contribution in [0.25, 0.3) is 11.3 Å². The molecule has 0 unspecified atom stereocenters. The molecular formula is C24H25ClFN3O2. The molecule has 0 bridgehead atoms. The number of aromatic nitrogens is 2. The van der Waals surface area contributed by atoms with Gasteiger partial charge in [-0.25, -0.2) is 9.37 Å². The molecule has 1 saturated carbocycles. The first-order valence-corrected chi connectivity index (χ1v) is 10.7. The Bertz CT molecular complexity index is 1110. The predicted molar refractivity (Wildman–Crippen MR) is 119 cm³/mol. The van der Waals surface area contributed by atoms with Crippen molar-refractivity contribution in [2.75, 3.05) is 6.54 Å². The molecule has 0 radical (unpaired) electrons. The molecule has 2 aromatic carbocycles. The minimum atomic E-state index is -0.710. The maximum Gasteiger partial charge on any atom is 0.156 e. The Morgan fingerprint density at radius 3 is 2.61 bits per heavy atom. The third kappa shape index (κ3) is 4.36. The van der Waals surface area contributed by atoms with E-state index in [4.69, 9.17) is 16.3 Å². The van der Waals surface area contributed by atoms with Crippen molar-refractivity contribution in [2.24, 2.45) is 7.05 Å². The highest BCUT2D eigenvalue weighted by Gasteiger charge is 2.42. The standard InChI is InChI=1S/C24H25ClFN3O2/c1-4-29(24(2)9-10-24)14-23-27-13-21(28(23)3)16-5-7-18(8-6-16)31-22-12-17(25)11-20(26)19(22)15-30/h5-8,11-13,15H,4,9-10,14H2,1-3H3. The molecule has 162 valence electrons. The van der Waals surface area contributed by atoms with Crippen molar-refractivity contribution < 1.29 is 13.9 Å². The lowest BCUT2D eigenvalue weighted by Crippen LogP contribution is -2.35. The number of imidazole rings is 1. The van der Waals surface area contributed by atoms with E-state index in [-0.39, 0.29) is 16.3 Å². The first kappa shape index (κ1) is 21.5. The van der Waals surface area contributed by atoms with Gasteiger partial charge >= 0.3 is 0 Å². The van der Waals surface area contributed by atoms with Crippen LogP contribution in [0.2, 0.25) is 5.02 Å². The van der Waals surface area contributed by atoms with Crippen molar-refractivity contribution in [3.8, 4) is 22.8 Å². The van der Waals surface area contributed by atoms with Crippen LogP contribution < -0.4 is 4.74 Å². The number of rotatable bonds is 8. The molecule has 4 rings (SSSR count). The van der Waals surface area contributed by atoms with Gasteiger partial charge in [-0.1, -0.05) is 18.5 Å². The van der Waals surface area contributed by atoms with E-state index in [1.807, 2.05) is 25.4 Å². The molecule has 1 heterocycles. The maximum atomic E-state index is 13.9. The van der Waals surface area contributed by atoms with Crippen LogP contribution in [0.4, 0.5) is 4.39 Å². The minimum Gasteiger partial charge on any atom is -0.456 e. The highest BCUT2D eigenvalue weighted by atomic mass is 35.5. The van der Waals surface area contributed by atoms with Crippen molar-refractivity contribution in [1.29, 1.82) is 0 Å². The Morgan fingerprint density at radius 1 is 1.29 bits per heavy atom. The van der Waals surface area contributed by atoms with Gasteiger partial charge in [0.15, 0.2) is 6.29 Å². The van der Waals surface area contributed by atoms with Gasteiger partial charge in [0.1, 0.15) is 23.1 Å². The average Bonchev–Trinajstić information content (AvgIpc) is 3.38. The molecule has 0 atom stereocenters. The highest BCUT2D eigenvalue weighted by Crippen LogP contribution is 2.41. The zero-order chi connectivity index (χ0) is 22.2. The fourth-order valence-electron chi connectivity index (χ4n) is 3.80. The van der Waals surface area contributed by atoms with Crippen LogP contribution in [-0.4, -0.2) is 32.8 Å². The largest absolute Gasteiger partial charge is 0.456 e. The van der Waals surface area contributed by atoms with Crippen molar-refractivity contribution >= 4 is 17.9 Å². The molecule has 5 nitrogen and oxygen atoms in total. The van der Waals surface area contributed by atoms with Crippen molar-refractivity contribution in [3.05, 3.63) is 64.8 Å². The summed E-state index contributed by atoms with van der Waals surface area (Å²) in [5, 5.41) is 0.165. The second-order valence-corrected chi connectivity index (χ2v) is 8.61. The Kier molecular flexibility index (Phi) is 5.86. The topological polar surface area (TPSA) is 47.4 Å². The number of hydrogen-bond donors (Lipinski definition) is 0. The van der Waals surface area contributed by atoms with Crippen LogP contribution in [0.3, 0.4) is 0 Å². The Morgan fingerprint density at radius 2 is 2.00 bits per heavy atom. The van der Waals surface area contributed by atoms with Gasteiger partial charge in [0.25, 0.3) is 0 Å². The Hall–Kier alpha value is -2.70. The monoisotopic (exact) mass is 441 g/mol. The molecule has 7 heteroatoms. The smallest absolute Gasteiger partial charge is 0.156 e. The molecule has 31 heavy (non-hydrogen) atoms. The lowest BCUT2D eigenvalue weighted by Gasteiger charge is -2.27. The molecule has 1 aliphatic rings. The van der Waals surface area contributed by atoms with Gasteiger partial charge < -0.3 is 9.30 Å². The fraction of sp³-hybridized carbons (Fsp3) is 0.333. The number of carbonyl (C=O) groups is 1. The summed E-state index contributed by atoms with van der Waals surface area (Å²) in [5.41, 5.74) is 2.14. The van der Waals surface area contributed by atoms with Gasteiger partial charge in [-0.15, -0.1) is 0 Å². The van der Waals surface area contributed by atoms with Crippen LogP contribution in [0.5, 0.6) is 11.5 Å². The second-order valence-electron chi connectivity index (χ2n) is 8.17. The number of halogens is 2. The summed E-state index contributed by atoms with van der Waals surface area (Å²) in [6.45, 7) is 6.31. The van der Waals surface area contributed by atoms with Crippen LogP contribution in [0.1, 0.15) is 42.9 Å². The summed E-state index contributed by atoms with van der Waals surface area (Å²) in [5.74, 6) is 0.881. The van der Waals surface area contributed by atoms with Gasteiger partial charge in [-0.3, -0.25) is 9.69 Å². The normalized spacial score (nSPS) is 14.6. The molecule has 0 N–H and O–H groups in total. The van der Waals surface area contributed by atoms with Crippen molar-refractivity contribution in [1.82, 2.24) is 14.5 Å². The molecule has 1 aromatic heterocycles. The zero-order valence-corrected chi connectivity index (χ0v) is 18.6. The number of hydrogen-bond acceptors (Lipinski definition) is 4. The van der Waals surface area contributed by atoms with Crippen LogP contribution in [-0.2, 0) is 13.6 Å². The van der Waals surface area contributed by atoms with Gasteiger partial charge in [-0.05, 0) is 56.6 Å². The van der Waals surface area contributed by atoms with E-state index in [9.17, 15) is 9.18 Å². The van der Waals surface area contributed by atoms with Crippen LogP contribution >= 0.6 is 11.6 Å². The summed E-state index contributed by atoms with van der Waals surface area (Å²) in [6.07, 6.45) is 4.78. The molecule has 0 aliphatic heterocycles. The van der Waals surface area contributed by atoms with E-state index >= 15 is 0 Å². The maximum absolute atomic E-state index is 13.9. The minimum absolute atomic E-state index is 0.0868. The number of benzene rings is 2. The van der Waals surface area contributed by atoms with Crippen molar-refractivity contribution in [2.45, 2.75) is 38.8 Å². The van der Waals surface area contributed by atoms with Crippen LogP contribution in [0.15, 0.2) is 42.6 Å². The van der Waals surface area contributed by atoms with E-state index in [0.29, 0.717) is 17.6 Å². The molecule has 3 aromatic rings. The average molecular weight is 442 g/mol. The lowest BCUT2D eigenvalue weighted by molar-refractivity contribution is 0.111. The summed E-state index contributed by atoms with van der Waals surface area (Å²) in [4.78, 5) is 18.3. The predicted octanol–water partition coefficient (Wildman–Crippen LogP) is 5.86.